The summed E-state index contributed by atoms with van der Waals surface area (Å²) in [5.74, 6) is -0.804. The Morgan fingerprint density at radius 2 is 1.57 bits per heavy atom. The third kappa shape index (κ3) is 5.96. The zero-order valence-corrected chi connectivity index (χ0v) is 22.0. The fourth-order valence-electron chi connectivity index (χ4n) is 4.95. The molecule has 2 aromatic carbocycles. The van der Waals surface area contributed by atoms with Crippen molar-refractivity contribution < 1.29 is 28.6 Å². The number of amides is 2. The summed E-state index contributed by atoms with van der Waals surface area (Å²) in [5, 5.41) is 0. The molecule has 3 atom stereocenters. The van der Waals surface area contributed by atoms with Gasteiger partial charge in [0.25, 0.3) is 5.91 Å². The van der Waals surface area contributed by atoms with Gasteiger partial charge in [-0.25, -0.2) is 9.59 Å². The number of hydrogen-bond donors (Lipinski definition) is 0. The number of ether oxygens (including phenoxy) is 3. The molecule has 2 saturated heterocycles. The van der Waals surface area contributed by atoms with Crippen LogP contribution >= 0.6 is 0 Å². The summed E-state index contributed by atoms with van der Waals surface area (Å²) < 4.78 is 17.3. The monoisotopic (exact) mass is 508 g/mol. The molecule has 1 spiro atoms. The lowest BCUT2D eigenvalue weighted by Crippen LogP contribution is -2.76. The molecule has 2 aliphatic rings. The minimum absolute atomic E-state index is 0.0960. The zero-order chi connectivity index (χ0) is 26.6. The Labute approximate surface area is 218 Å². The van der Waals surface area contributed by atoms with E-state index >= 15 is 0 Å². The Bertz CT molecular complexity index is 1100. The van der Waals surface area contributed by atoms with E-state index in [4.69, 9.17) is 14.2 Å². The number of carbonyl (C=O) groups is 3. The van der Waals surface area contributed by atoms with Crippen LogP contribution in [0, 0.1) is 0 Å². The zero-order valence-electron chi connectivity index (χ0n) is 22.0. The molecule has 2 aliphatic heterocycles. The Morgan fingerprint density at radius 3 is 2.14 bits per heavy atom. The first-order valence-corrected chi connectivity index (χ1v) is 12.8. The summed E-state index contributed by atoms with van der Waals surface area (Å²) >= 11 is 0. The standard InChI is InChI=1S/C29H36N2O6/c1-21(35-18-22-12-7-5-8-13-22)24(25(32)36-19-23-14-9-6-10-15-23)30-20-29(26(30)33)16-11-17-31(29)27(34)37-28(2,3)4/h5-10,12-15,21,24H,11,16-20H2,1-4H3/t21-,24+,29+/m1/s1. The lowest BCUT2D eigenvalue weighted by atomic mass is 9.83. The fraction of sp³-hybridized carbons (Fsp3) is 0.483. The molecule has 0 bridgehead atoms. The summed E-state index contributed by atoms with van der Waals surface area (Å²) in [6.07, 6.45) is 0.102. The highest BCUT2D eigenvalue weighted by Gasteiger charge is 2.63. The minimum Gasteiger partial charge on any atom is -0.459 e. The Hall–Kier alpha value is -3.39. The first-order chi connectivity index (χ1) is 17.6. The molecule has 0 unspecified atom stereocenters. The van der Waals surface area contributed by atoms with Gasteiger partial charge in [0.2, 0.25) is 0 Å². The van der Waals surface area contributed by atoms with Crippen LogP contribution < -0.4 is 0 Å². The minimum atomic E-state index is -0.987. The predicted molar refractivity (Wildman–Crippen MR) is 137 cm³/mol. The van der Waals surface area contributed by atoms with Gasteiger partial charge in [-0.1, -0.05) is 60.7 Å². The van der Waals surface area contributed by atoms with Crippen LogP contribution in [0.4, 0.5) is 4.79 Å². The largest absolute Gasteiger partial charge is 0.459 e. The van der Waals surface area contributed by atoms with E-state index in [9.17, 15) is 14.4 Å². The smallest absolute Gasteiger partial charge is 0.411 e. The second kappa shape index (κ2) is 10.9. The highest BCUT2D eigenvalue weighted by Crippen LogP contribution is 2.41. The van der Waals surface area contributed by atoms with Gasteiger partial charge in [-0.3, -0.25) is 9.69 Å². The SMILES string of the molecule is C[C@@H](OCc1ccccc1)[C@@H](C(=O)OCc1ccccc1)N1C[C@@]2(CCCN2C(=O)OC(C)(C)C)C1=O. The average molecular weight is 509 g/mol. The van der Waals surface area contributed by atoms with Crippen LogP contribution in [0.3, 0.4) is 0 Å². The van der Waals surface area contributed by atoms with Crippen molar-refractivity contribution in [3.8, 4) is 0 Å². The second-order valence-electron chi connectivity index (χ2n) is 10.7. The Balaban J connectivity index is 1.50. The maximum absolute atomic E-state index is 13.7. The van der Waals surface area contributed by atoms with Gasteiger partial charge >= 0.3 is 12.1 Å². The molecule has 0 saturated carbocycles. The summed E-state index contributed by atoms with van der Waals surface area (Å²) in [4.78, 5) is 42.9. The van der Waals surface area contributed by atoms with Gasteiger partial charge in [0.05, 0.1) is 19.3 Å². The van der Waals surface area contributed by atoms with E-state index in [1.54, 1.807) is 27.7 Å². The lowest BCUT2D eigenvalue weighted by Gasteiger charge is -2.53. The number of carbonyl (C=O) groups excluding carboxylic acids is 3. The van der Waals surface area contributed by atoms with Crippen molar-refractivity contribution in [3.63, 3.8) is 0 Å². The maximum Gasteiger partial charge on any atom is 0.411 e. The van der Waals surface area contributed by atoms with Crippen LogP contribution in [0.15, 0.2) is 60.7 Å². The number of nitrogens with zero attached hydrogens (tertiary/aromatic N) is 2. The molecule has 2 aromatic rings. The quantitative estimate of drug-likeness (QED) is 0.390. The molecule has 8 nitrogen and oxygen atoms in total. The van der Waals surface area contributed by atoms with Gasteiger partial charge in [-0.05, 0) is 51.7 Å². The van der Waals surface area contributed by atoms with E-state index in [-0.39, 0.29) is 19.1 Å². The van der Waals surface area contributed by atoms with Crippen molar-refractivity contribution in [1.82, 2.24) is 9.80 Å². The van der Waals surface area contributed by atoms with Crippen molar-refractivity contribution in [1.29, 1.82) is 0 Å². The molecule has 0 aromatic heterocycles. The number of rotatable bonds is 8. The van der Waals surface area contributed by atoms with Gasteiger partial charge in [-0.15, -0.1) is 0 Å². The summed E-state index contributed by atoms with van der Waals surface area (Å²) in [6.45, 7) is 8.23. The molecule has 0 aliphatic carbocycles. The highest BCUT2D eigenvalue weighted by atomic mass is 16.6. The van der Waals surface area contributed by atoms with E-state index in [1.807, 2.05) is 60.7 Å². The molecule has 0 radical (unpaired) electrons. The number of likely N-dealkylation sites (tertiary alicyclic amines) is 2. The molecular formula is C29H36N2O6. The predicted octanol–water partition coefficient (Wildman–Crippen LogP) is 4.32. The normalized spacial score (nSPS) is 20.9. The Morgan fingerprint density at radius 1 is 0.973 bits per heavy atom. The van der Waals surface area contributed by atoms with Crippen molar-refractivity contribution in [2.24, 2.45) is 0 Å². The molecule has 0 N–H and O–H groups in total. The van der Waals surface area contributed by atoms with Crippen LogP contribution in [-0.4, -0.2) is 64.1 Å². The summed E-state index contributed by atoms with van der Waals surface area (Å²) in [5.41, 5.74) is 0.158. The molecule has 8 heteroatoms. The maximum atomic E-state index is 13.7. The van der Waals surface area contributed by atoms with Crippen molar-refractivity contribution in [3.05, 3.63) is 71.8 Å². The third-order valence-corrected chi connectivity index (χ3v) is 6.80. The van der Waals surface area contributed by atoms with Crippen molar-refractivity contribution >= 4 is 18.0 Å². The first-order valence-electron chi connectivity index (χ1n) is 12.8. The topological polar surface area (TPSA) is 85.4 Å². The highest BCUT2D eigenvalue weighted by molar-refractivity contribution is 5.99. The first kappa shape index (κ1) is 26.7. The number of hydrogen-bond acceptors (Lipinski definition) is 6. The van der Waals surface area contributed by atoms with E-state index in [2.05, 4.69) is 0 Å². The van der Waals surface area contributed by atoms with Gasteiger partial charge in [0.1, 0.15) is 17.7 Å². The van der Waals surface area contributed by atoms with E-state index in [1.165, 1.54) is 9.80 Å². The molecule has 2 fully saturated rings. The van der Waals surface area contributed by atoms with Crippen LogP contribution in [0.1, 0.15) is 51.7 Å². The van der Waals surface area contributed by atoms with Crippen LogP contribution in [-0.2, 0) is 37.0 Å². The molecule has 37 heavy (non-hydrogen) atoms. The van der Waals surface area contributed by atoms with E-state index in [0.29, 0.717) is 26.0 Å². The second-order valence-corrected chi connectivity index (χ2v) is 10.7. The van der Waals surface area contributed by atoms with Gasteiger partial charge in [0.15, 0.2) is 6.04 Å². The van der Waals surface area contributed by atoms with Crippen molar-refractivity contribution in [2.75, 3.05) is 13.1 Å². The Kier molecular flexibility index (Phi) is 7.87. The fourth-order valence-corrected chi connectivity index (χ4v) is 4.95. The lowest BCUT2D eigenvalue weighted by molar-refractivity contribution is -0.182. The summed E-state index contributed by atoms with van der Waals surface area (Å²) in [7, 11) is 0. The number of β-lactam (4-membered cyclic amide) rings is 1. The third-order valence-electron chi connectivity index (χ3n) is 6.80. The van der Waals surface area contributed by atoms with Gasteiger partial charge in [-0.2, -0.15) is 0 Å². The number of benzene rings is 2. The van der Waals surface area contributed by atoms with Crippen molar-refractivity contribution in [2.45, 2.75) is 77.0 Å². The van der Waals surface area contributed by atoms with Crippen LogP contribution in [0.25, 0.3) is 0 Å². The molecule has 2 amide bonds. The average Bonchev–Trinajstić information content (AvgIpc) is 3.33. The van der Waals surface area contributed by atoms with Gasteiger partial charge < -0.3 is 19.1 Å². The van der Waals surface area contributed by atoms with Crippen LogP contribution in [0.5, 0.6) is 0 Å². The van der Waals surface area contributed by atoms with Crippen LogP contribution in [0.2, 0.25) is 0 Å². The molecular weight excluding hydrogens is 472 g/mol. The molecule has 198 valence electrons. The van der Waals surface area contributed by atoms with Gasteiger partial charge in [0, 0.05) is 6.54 Å². The number of esters is 1. The summed E-state index contributed by atoms with van der Waals surface area (Å²) in [6, 6.07) is 18.1. The van der Waals surface area contributed by atoms with E-state index < -0.39 is 35.3 Å². The van der Waals surface area contributed by atoms with E-state index in [0.717, 1.165) is 11.1 Å². The molecule has 2 heterocycles. The molecule has 4 rings (SSSR count).